The fourth-order valence-corrected chi connectivity index (χ4v) is 2.74. The van der Waals surface area contributed by atoms with Gasteiger partial charge in [-0.05, 0) is 70.7 Å². The number of carbonyl (C=O) groups is 1. The average Bonchev–Trinajstić information content (AvgIpc) is 2.64. The van der Waals surface area contributed by atoms with E-state index in [-0.39, 0.29) is 17.1 Å². The van der Waals surface area contributed by atoms with Crippen LogP contribution in [-0.2, 0) is 11.2 Å². The van der Waals surface area contributed by atoms with Crippen LogP contribution in [0.4, 0.5) is 5.69 Å². The summed E-state index contributed by atoms with van der Waals surface area (Å²) in [6, 6.07) is 12.6. The van der Waals surface area contributed by atoms with E-state index in [2.05, 4.69) is 28.2 Å². The molecule has 0 unspecified atom stereocenters. The van der Waals surface area contributed by atoms with E-state index in [4.69, 9.17) is 4.74 Å². The van der Waals surface area contributed by atoms with Gasteiger partial charge in [0.15, 0.2) is 11.5 Å². The maximum Gasteiger partial charge on any atom is 0.266 e. The number of phenols is 1. The van der Waals surface area contributed by atoms with Crippen LogP contribution in [0.2, 0.25) is 0 Å². The summed E-state index contributed by atoms with van der Waals surface area (Å²) < 4.78 is 5.78. The van der Waals surface area contributed by atoms with Gasteiger partial charge in [0, 0.05) is 5.69 Å². The standard InChI is InChI=1S/C20H19BrN2O3/c1-3-13-5-7-16(8-6-13)23-20(25)15(12-22)9-14-10-17(21)19(24)18(11-14)26-4-2/h5-11,24H,3-4H2,1-2H3,(H,23,25)/b15-9-. The van der Waals surface area contributed by atoms with Crippen LogP contribution in [0.3, 0.4) is 0 Å². The minimum absolute atomic E-state index is 0.0250. The topological polar surface area (TPSA) is 82.3 Å². The molecule has 0 aliphatic carbocycles. The Labute approximate surface area is 161 Å². The summed E-state index contributed by atoms with van der Waals surface area (Å²) in [4.78, 5) is 12.4. The number of nitrogens with zero attached hydrogens (tertiary/aromatic N) is 1. The van der Waals surface area contributed by atoms with Crippen molar-refractivity contribution in [3.63, 3.8) is 0 Å². The molecule has 2 N–H and O–H groups in total. The second-order valence-corrected chi connectivity index (χ2v) is 6.31. The van der Waals surface area contributed by atoms with Gasteiger partial charge in [0.1, 0.15) is 11.6 Å². The Bertz CT molecular complexity index is 868. The zero-order valence-electron chi connectivity index (χ0n) is 14.5. The van der Waals surface area contributed by atoms with Crippen molar-refractivity contribution in [1.29, 1.82) is 5.26 Å². The molecule has 2 aromatic carbocycles. The lowest BCUT2D eigenvalue weighted by atomic mass is 10.1. The summed E-state index contributed by atoms with van der Waals surface area (Å²) in [5.41, 5.74) is 2.29. The molecule has 0 radical (unpaired) electrons. The third-order valence-electron chi connectivity index (χ3n) is 3.65. The van der Waals surface area contributed by atoms with Gasteiger partial charge in [-0.1, -0.05) is 19.1 Å². The van der Waals surface area contributed by atoms with E-state index in [1.165, 1.54) is 6.08 Å². The number of hydrogen-bond donors (Lipinski definition) is 2. The van der Waals surface area contributed by atoms with Crippen molar-refractivity contribution < 1.29 is 14.6 Å². The molecule has 134 valence electrons. The minimum Gasteiger partial charge on any atom is -0.503 e. The Hall–Kier alpha value is -2.78. The number of aromatic hydroxyl groups is 1. The lowest BCUT2D eigenvalue weighted by Gasteiger charge is -2.09. The van der Waals surface area contributed by atoms with E-state index in [1.807, 2.05) is 18.2 Å². The van der Waals surface area contributed by atoms with Gasteiger partial charge in [0.2, 0.25) is 0 Å². The normalized spacial score (nSPS) is 10.9. The Balaban J connectivity index is 2.26. The first-order valence-corrected chi connectivity index (χ1v) is 8.95. The van der Waals surface area contributed by atoms with Crippen molar-refractivity contribution in [1.82, 2.24) is 0 Å². The van der Waals surface area contributed by atoms with Crippen molar-refractivity contribution in [3.05, 3.63) is 57.6 Å². The minimum atomic E-state index is -0.501. The quantitative estimate of drug-likeness (QED) is 0.531. The number of amides is 1. The van der Waals surface area contributed by atoms with Crippen molar-refractivity contribution in [2.75, 3.05) is 11.9 Å². The summed E-state index contributed by atoms with van der Waals surface area (Å²) in [7, 11) is 0. The summed E-state index contributed by atoms with van der Waals surface area (Å²) in [5.74, 6) is -0.247. The molecule has 0 fully saturated rings. The number of anilines is 1. The maximum absolute atomic E-state index is 12.4. The van der Waals surface area contributed by atoms with Crippen LogP contribution in [0.15, 0.2) is 46.4 Å². The molecule has 0 heterocycles. The molecular weight excluding hydrogens is 396 g/mol. The molecule has 2 aromatic rings. The molecule has 0 aromatic heterocycles. The molecule has 0 saturated heterocycles. The number of carbonyl (C=O) groups excluding carboxylic acids is 1. The van der Waals surface area contributed by atoms with Crippen LogP contribution in [0, 0.1) is 11.3 Å². The molecule has 0 aliphatic rings. The molecule has 0 atom stereocenters. The third-order valence-corrected chi connectivity index (χ3v) is 4.25. The monoisotopic (exact) mass is 414 g/mol. The Morgan fingerprint density at radius 1 is 1.31 bits per heavy atom. The second kappa shape index (κ2) is 9.07. The summed E-state index contributed by atoms with van der Waals surface area (Å²) in [5, 5.41) is 22.0. The van der Waals surface area contributed by atoms with Gasteiger partial charge in [-0.2, -0.15) is 5.26 Å². The number of nitriles is 1. The Morgan fingerprint density at radius 3 is 2.58 bits per heavy atom. The molecule has 2 rings (SSSR count). The lowest BCUT2D eigenvalue weighted by Crippen LogP contribution is -2.13. The largest absolute Gasteiger partial charge is 0.503 e. The first-order valence-electron chi connectivity index (χ1n) is 8.15. The number of phenolic OH excluding ortho intramolecular Hbond substituents is 1. The van der Waals surface area contributed by atoms with Crippen LogP contribution >= 0.6 is 15.9 Å². The fourth-order valence-electron chi connectivity index (χ4n) is 2.28. The van der Waals surface area contributed by atoms with E-state index in [0.29, 0.717) is 22.3 Å². The highest BCUT2D eigenvalue weighted by Crippen LogP contribution is 2.36. The number of rotatable bonds is 6. The highest BCUT2D eigenvalue weighted by atomic mass is 79.9. The average molecular weight is 415 g/mol. The van der Waals surface area contributed by atoms with Crippen LogP contribution in [0.25, 0.3) is 6.08 Å². The number of aryl methyl sites for hydroxylation is 1. The van der Waals surface area contributed by atoms with Gasteiger partial charge in [0.05, 0.1) is 11.1 Å². The summed E-state index contributed by atoms with van der Waals surface area (Å²) in [6.45, 7) is 4.23. The molecule has 26 heavy (non-hydrogen) atoms. The van der Waals surface area contributed by atoms with Crippen molar-refractivity contribution in [2.24, 2.45) is 0 Å². The summed E-state index contributed by atoms with van der Waals surface area (Å²) in [6.07, 6.45) is 2.36. The first kappa shape index (κ1) is 19.5. The molecule has 5 nitrogen and oxygen atoms in total. The smallest absolute Gasteiger partial charge is 0.266 e. The van der Waals surface area contributed by atoms with Gasteiger partial charge in [-0.15, -0.1) is 0 Å². The van der Waals surface area contributed by atoms with Crippen LogP contribution < -0.4 is 10.1 Å². The number of benzene rings is 2. The van der Waals surface area contributed by atoms with Crippen LogP contribution in [0.5, 0.6) is 11.5 Å². The van der Waals surface area contributed by atoms with Gasteiger partial charge in [-0.3, -0.25) is 4.79 Å². The van der Waals surface area contributed by atoms with E-state index in [0.717, 1.165) is 12.0 Å². The van der Waals surface area contributed by atoms with Crippen molar-refractivity contribution >= 4 is 33.6 Å². The van der Waals surface area contributed by atoms with E-state index >= 15 is 0 Å². The van der Waals surface area contributed by atoms with E-state index in [1.54, 1.807) is 31.2 Å². The molecule has 0 bridgehead atoms. The zero-order valence-corrected chi connectivity index (χ0v) is 16.1. The third kappa shape index (κ3) is 4.87. The maximum atomic E-state index is 12.4. The molecule has 0 spiro atoms. The molecule has 0 saturated carbocycles. The van der Waals surface area contributed by atoms with Gasteiger partial charge in [0.25, 0.3) is 5.91 Å². The number of halogens is 1. The Morgan fingerprint density at radius 2 is 2.00 bits per heavy atom. The SMILES string of the molecule is CCOc1cc(/C=C(/C#N)C(=O)Nc2ccc(CC)cc2)cc(Br)c1O. The predicted molar refractivity (Wildman–Crippen MR) is 105 cm³/mol. The lowest BCUT2D eigenvalue weighted by molar-refractivity contribution is -0.112. The van der Waals surface area contributed by atoms with E-state index in [9.17, 15) is 15.2 Å². The van der Waals surface area contributed by atoms with Crippen LogP contribution in [0.1, 0.15) is 25.0 Å². The van der Waals surface area contributed by atoms with Crippen molar-refractivity contribution in [3.8, 4) is 17.6 Å². The number of ether oxygens (including phenoxy) is 1. The second-order valence-electron chi connectivity index (χ2n) is 5.46. The molecule has 0 aliphatic heterocycles. The number of nitrogens with one attached hydrogen (secondary N) is 1. The van der Waals surface area contributed by atoms with Gasteiger partial charge in [-0.25, -0.2) is 0 Å². The molecular formula is C20H19BrN2O3. The highest BCUT2D eigenvalue weighted by molar-refractivity contribution is 9.10. The molecule has 6 heteroatoms. The zero-order chi connectivity index (χ0) is 19.1. The molecule has 1 amide bonds. The summed E-state index contributed by atoms with van der Waals surface area (Å²) >= 11 is 3.24. The Kier molecular flexibility index (Phi) is 6.81. The first-order chi connectivity index (χ1) is 12.5. The fraction of sp³-hybridized carbons (Fsp3) is 0.200. The predicted octanol–water partition coefficient (Wildman–Crippen LogP) is 4.66. The number of hydrogen-bond acceptors (Lipinski definition) is 4. The van der Waals surface area contributed by atoms with Crippen molar-refractivity contribution in [2.45, 2.75) is 20.3 Å². The highest BCUT2D eigenvalue weighted by Gasteiger charge is 2.12. The van der Waals surface area contributed by atoms with Gasteiger partial charge < -0.3 is 15.2 Å². The van der Waals surface area contributed by atoms with Crippen LogP contribution in [-0.4, -0.2) is 17.6 Å². The van der Waals surface area contributed by atoms with Gasteiger partial charge >= 0.3 is 0 Å². The van der Waals surface area contributed by atoms with E-state index < -0.39 is 5.91 Å².